The molecule has 0 aliphatic heterocycles. The molecule has 3 aromatic rings. The lowest BCUT2D eigenvalue weighted by Crippen LogP contribution is -2.32. The van der Waals surface area contributed by atoms with Gasteiger partial charge < -0.3 is 10.1 Å². The van der Waals surface area contributed by atoms with E-state index in [1.165, 1.54) is 0 Å². The van der Waals surface area contributed by atoms with Gasteiger partial charge in [0.15, 0.2) is 5.65 Å². The summed E-state index contributed by atoms with van der Waals surface area (Å²) in [6.45, 7) is 3.72. The summed E-state index contributed by atoms with van der Waals surface area (Å²) in [4.78, 5) is 16.1. The van der Waals surface area contributed by atoms with Crippen LogP contribution in [0.1, 0.15) is 13.8 Å². The Morgan fingerprint density at radius 2 is 2.15 bits per heavy atom. The Balaban J connectivity index is 2.00. The number of aromatic amines is 1. The van der Waals surface area contributed by atoms with E-state index in [0.29, 0.717) is 11.0 Å². The summed E-state index contributed by atoms with van der Waals surface area (Å²) < 4.78 is 5.19. The number of nitrogens with zero attached hydrogens (tertiary/aromatic N) is 2. The van der Waals surface area contributed by atoms with Crippen LogP contribution in [0.5, 0.6) is 5.88 Å². The maximum absolute atomic E-state index is 11.6. The van der Waals surface area contributed by atoms with Crippen molar-refractivity contribution in [3.05, 3.63) is 30.3 Å². The molecular weight excluding hydrogens is 256 g/mol. The van der Waals surface area contributed by atoms with E-state index >= 15 is 0 Å². The Morgan fingerprint density at radius 3 is 2.95 bits per heavy atom. The van der Waals surface area contributed by atoms with Crippen LogP contribution in [0.25, 0.3) is 21.9 Å². The number of nitrogens with one attached hydrogen (secondary N) is 2. The van der Waals surface area contributed by atoms with Crippen molar-refractivity contribution in [2.45, 2.75) is 19.9 Å². The summed E-state index contributed by atoms with van der Waals surface area (Å²) in [6.07, 6.45) is -0.526. The summed E-state index contributed by atoms with van der Waals surface area (Å²) >= 11 is 0. The summed E-state index contributed by atoms with van der Waals surface area (Å²) in [5.74, 6) is 0.233. The number of aromatic nitrogens is 3. The van der Waals surface area contributed by atoms with Gasteiger partial charge >= 0.3 is 6.09 Å². The third-order valence-electron chi connectivity index (χ3n) is 2.81. The molecule has 0 radical (unpaired) electrons. The van der Waals surface area contributed by atoms with Crippen LogP contribution >= 0.6 is 0 Å². The normalized spacial score (nSPS) is 11.2. The predicted molar refractivity (Wildman–Crippen MR) is 75.7 cm³/mol. The van der Waals surface area contributed by atoms with E-state index in [2.05, 4.69) is 20.5 Å². The van der Waals surface area contributed by atoms with Crippen molar-refractivity contribution >= 4 is 28.0 Å². The quantitative estimate of drug-likeness (QED) is 0.750. The molecule has 0 atom stereocenters. The van der Waals surface area contributed by atoms with Crippen LogP contribution in [0.2, 0.25) is 0 Å². The van der Waals surface area contributed by atoms with Crippen LogP contribution in [-0.2, 0) is 0 Å². The standard InChI is InChI=1S/C14H14N4O2/c1-8(2)15-14(19)20-13-10-7-9-5-3-4-6-11(9)16-12(10)17-18-13/h3-8H,1-2H3,(H,15,19)(H,16,17,18). The van der Waals surface area contributed by atoms with E-state index in [-0.39, 0.29) is 11.9 Å². The highest BCUT2D eigenvalue weighted by atomic mass is 16.6. The van der Waals surface area contributed by atoms with Gasteiger partial charge in [-0.3, -0.25) is 5.10 Å². The summed E-state index contributed by atoms with van der Waals surface area (Å²) in [6, 6.07) is 9.63. The molecule has 0 bridgehead atoms. The first kappa shape index (κ1) is 12.4. The predicted octanol–water partition coefficient (Wildman–Crippen LogP) is 2.61. The van der Waals surface area contributed by atoms with Crippen molar-refractivity contribution in [3.63, 3.8) is 0 Å². The number of pyridine rings is 1. The third-order valence-corrected chi connectivity index (χ3v) is 2.81. The van der Waals surface area contributed by atoms with Crippen molar-refractivity contribution in [1.82, 2.24) is 20.5 Å². The monoisotopic (exact) mass is 270 g/mol. The van der Waals surface area contributed by atoms with Crippen molar-refractivity contribution in [2.75, 3.05) is 0 Å². The van der Waals surface area contributed by atoms with Crippen molar-refractivity contribution in [3.8, 4) is 5.88 Å². The number of amides is 1. The number of carbonyl (C=O) groups is 1. The first-order valence-electron chi connectivity index (χ1n) is 6.35. The van der Waals surface area contributed by atoms with Crippen molar-refractivity contribution < 1.29 is 9.53 Å². The van der Waals surface area contributed by atoms with Gasteiger partial charge in [0, 0.05) is 11.4 Å². The first-order chi connectivity index (χ1) is 9.63. The minimum Gasteiger partial charge on any atom is -0.389 e. The lowest BCUT2D eigenvalue weighted by Gasteiger charge is -2.07. The van der Waals surface area contributed by atoms with Crippen molar-refractivity contribution in [2.24, 2.45) is 0 Å². The molecule has 0 saturated carbocycles. The minimum atomic E-state index is -0.526. The van der Waals surface area contributed by atoms with Crippen LogP contribution < -0.4 is 10.1 Å². The van der Waals surface area contributed by atoms with E-state index in [1.807, 2.05) is 44.2 Å². The van der Waals surface area contributed by atoms with Gasteiger partial charge in [-0.2, -0.15) is 0 Å². The molecule has 20 heavy (non-hydrogen) atoms. The molecule has 2 aromatic heterocycles. The Bertz CT molecular complexity index is 779. The number of benzene rings is 1. The van der Waals surface area contributed by atoms with E-state index in [9.17, 15) is 4.79 Å². The van der Waals surface area contributed by atoms with Crippen LogP contribution in [0, 0.1) is 0 Å². The lowest BCUT2D eigenvalue weighted by molar-refractivity contribution is 0.196. The Kier molecular flexibility index (Phi) is 2.98. The molecule has 0 aliphatic rings. The second-order valence-electron chi connectivity index (χ2n) is 4.79. The van der Waals surface area contributed by atoms with Gasteiger partial charge in [-0.1, -0.05) is 18.2 Å². The molecule has 0 aliphatic carbocycles. The Labute approximate surface area is 115 Å². The number of ether oxygens (including phenoxy) is 1. The highest BCUT2D eigenvalue weighted by Crippen LogP contribution is 2.25. The number of hydrogen-bond acceptors (Lipinski definition) is 4. The zero-order chi connectivity index (χ0) is 14.1. The fourth-order valence-electron chi connectivity index (χ4n) is 1.96. The van der Waals surface area contributed by atoms with Crippen LogP contribution in [0.4, 0.5) is 4.79 Å². The first-order valence-corrected chi connectivity index (χ1v) is 6.35. The average molecular weight is 270 g/mol. The van der Waals surface area contributed by atoms with E-state index in [4.69, 9.17) is 4.74 Å². The smallest absolute Gasteiger partial charge is 0.389 e. The molecule has 102 valence electrons. The van der Waals surface area contributed by atoms with Gasteiger partial charge in [0.25, 0.3) is 5.88 Å². The Hall–Kier alpha value is -2.63. The molecule has 2 heterocycles. The van der Waals surface area contributed by atoms with Crippen LogP contribution in [-0.4, -0.2) is 27.3 Å². The molecule has 1 amide bonds. The molecule has 6 heteroatoms. The second kappa shape index (κ2) is 4.80. The highest BCUT2D eigenvalue weighted by molar-refractivity contribution is 5.94. The highest BCUT2D eigenvalue weighted by Gasteiger charge is 2.13. The molecule has 6 nitrogen and oxygen atoms in total. The van der Waals surface area contributed by atoms with Gasteiger partial charge in [0.05, 0.1) is 10.9 Å². The number of hydrogen-bond donors (Lipinski definition) is 2. The maximum atomic E-state index is 11.6. The number of para-hydroxylation sites is 1. The second-order valence-corrected chi connectivity index (χ2v) is 4.79. The number of rotatable bonds is 2. The fourth-order valence-corrected chi connectivity index (χ4v) is 1.96. The van der Waals surface area contributed by atoms with E-state index < -0.39 is 6.09 Å². The zero-order valence-electron chi connectivity index (χ0n) is 11.2. The van der Waals surface area contributed by atoms with Gasteiger partial charge in [-0.15, -0.1) is 5.10 Å². The summed E-state index contributed by atoms with van der Waals surface area (Å²) in [5, 5.41) is 11.1. The molecule has 2 N–H and O–H groups in total. The van der Waals surface area contributed by atoms with E-state index in [1.54, 1.807) is 0 Å². The summed E-state index contributed by atoms with van der Waals surface area (Å²) in [7, 11) is 0. The van der Waals surface area contributed by atoms with E-state index in [0.717, 1.165) is 10.9 Å². The maximum Gasteiger partial charge on any atom is 0.414 e. The molecular formula is C14H14N4O2. The molecule has 0 fully saturated rings. The van der Waals surface area contributed by atoms with Crippen LogP contribution in [0.15, 0.2) is 30.3 Å². The van der Waals surface area contributed by atoms with Gasteiger partial charge in [-0.05, 0) is 26.0 Å². The van der Waals surface area contributed by atoms with Crippen molar-refractivity contribution in [1.29, 1.82) is 0 Å². The third kappa shape index (κ3) is 2.27. The SMILES string of the molecule is CC(C)NC(=O)Oc1n[nH]c2nc3ccccc3cc12. The summed E-state index contributed by atoms with van der Waals surface area (Å²) in [5.41, 5.74) is 1.46. The minimum absolute atomic E-state index is 0.00617. The molecule has 1 aromatic carbocycles. The molecule has 0 spiro atoms. The largest absolute Gasteiger partial charge is 0.414 e. The number of H-pyrrole nitrogens is 1. The Morgan fingerprint density at radius 1 is 1.35 bits per heavy atom. The molecule has 0 saturated heterocycles. The van der Waals surface area contributed by atoms with Crippen LogP contribution in [0.3, 0.4) is 0 Å². The zero-order valence-corrected chi connectivity index (χ0v) is 11.2. The average Bonchev–Trinajstić information content (AvgIpc) is 2.77. The molecule has 3 rings (SSSR count). The number of fused-ring (bicyclic) bond motifs is 2. The van der Waals surface area contributed by atoms with Gasteiger partial charge in [0.1, 0.15) is 0 Å². The van der Waals surface area contributed by atoms with Gasteiger partial charge in [0.2, 0.25) is 0 Å². The number of carbonyl (C=O) groups excluding carboxylic acids is 1. The lowest BCUT2D eigenvalue weighted by atomic mass is 10.2. The molecule has 0 unspecified atom stereocenters. The van der Waals surface area contributed by atoms with Gasteiger partial charge in [-0.25, -0.2) is 9.78 Å². The topological polar surface area (TPSA) is 79.9 Å². The fraction of sp³-hybridized carbons (Fsp3) is 0.214.